The summed E-state index contributed by atoms with van der Waals surface area (Å²) in [5.74, 6) is 0.116. The second kappa shape index (κ2) is 11.3. The Morgan fingerprint density at radius 2 is 2.02 bits per heavy atom. The molecule has 1 fully saturated rings. The SMILES string of the molecule is COc1cc(Oc2ccn3ncnc3c2)c(C)cc1Nc1ncnc2cnc(NC(=O)C(F)=CC3CCCN3C)nc12. The lowest BCUT2D eigenvalue weighted by molar-refractivity contribution is -0.114. The zero-order valence-electron chi connectivity index (χ0n) is 23.1. The standard InChI is InChI=1S/C28H27FN10O3/c1-16-9-20(23(41-3)12-22(16)42-18-6-8-39-24(11-18)32-15-34-39)35-26-25-21(31-14-33-26)13-30-28(36-25)37-27(40)19(29)10-17-5-4-7-38(17)2/h6,8-15,17H,4-5,7H2,1-3H3,(H,31,33,35)(H,30,36,37,40). The van der Waals surface area contributed by atoms with Crippen molar-refractivity contribution in [2.45, 2.75) is 25.8 Å². The highest BCUT2D eigenvalue weighted by Gasteiger charge is 2.22. The number of rotatable bonds is 8. The van der Waals surface area contributed by atoms with Gasteiger partial charge in [0.1, 0.15) is 40.9 Å². The van der Waals surface area contributed by atoms with E-state index in [1.807, 2.05) is 24.9 Å². The number of aromatic nitrogens is 7. The number of fused-ring (bicyclic) bond motifs is 2. The van der Waals surface area contributed by atoms with Crippen molar-refractivity contribution in [2.24, 2.45) is 0 Å². The van der Waals surface area contributed by atoms with E-state index in [-0.39, 0.29) is 12.0 Å². The number of hydrogen-bond donors (Lipinski definition) is 2. The van der Waals surface area contributed by atoms with E-state index in [0.29, 0.717) is 45.4 Å². The summed E-state index contributed by atoms with van der Waals surface area (Å²) in [6.07, 6.45) is 9.11. The Morgan fingerprint density at radius 3 is 2.83 bits per heavy atom. The molecule has 0 aliphatic carbocycles. The number of anilines is 3. The molecular formula is C28H27FN10O3. The predicted octanol–water partition coefficient (Wildman–Crippen LogP) is 4.20. The number of nitrogens with zero attached hydrogens (tertiary/aromatic N) is 8. The molecule has 42 heavy (non-hydrogen) atoms. The summed E-state index contributed by atoms with van der Waals surface area (Å²) in [4.78, 5) is 35.8. The molecule has 13 nitrogen and oxygen atoms in total. The van der Waals surface area contributed by atoms with Gasteiger partial charge in [0.2, 0.25) is 5.95 Å². The van der Waals surface area contributed by atoms with Gasteiger partial charge >= 0.3 is 0 Å². The smallest absolute Gasteiger partial charge is 0.286 e. The van der Waals surface area contributed by atoms with E-state index in [2.05, 4.69) is 40.7 Å². The second-order valence-electron chi connectivity index (χ2n) is 9.78. The van der Waals surface area contributed by atoms with Gasteiger partial charge in [-0.25, -0.2) is 33.8 Å². The number of carbonyl (C=O) groups is 1. The van der Waals surface area contributed by atoms with E-state index in [0.717, 1.165) is 24.9 Å². The van der Waals surface area contributed by atoms with E-state index in [1.165, 1.54) is 24.9 Å². The molecule has 5 heterocycles. The lowest BCUT2D eigenvalue weighted by Gasteiger charge is -2.16. The number of benzene rings is 1. The molecule has 1 unspecified atom stereocenters. The molecule has 14 heteroatoms. The Balaban J connectivity index is 1.24. The summed E-state index contributed by atoms with van der Waals surface area (Å²) in [5, 5.41) is 9.75. The van der Waals surface area contributed by atoms with Crippen LogP contribution in [0.25, 0.3) is 16.7 Å². The molecule has 0 saturated carbocycles. The van der Waals surface area contributed by atoms with Crippen molar-refractivity contribution >= 4 is 40.0 Å². The number of ether oxygens (including phenoxy) is 2. The highest BCUT2D eigenvalue weighted by molar-refractivity contribution is 6.01. The molecule has 0 radical (unpaired) electrons. The zero-order chi connectivity index (χ0) is 29.2. The van der Waals surface area contributed by atoms with E-state index >= 15 is 0 Å². The van der Waals surface area contributed by atoms with E-state index in [1.54, 1.807) is 36.0 Å². The molecule has 2 N–H and O–H groups in total. The second-order valence-corrected chi connectivity index (χ2v) is 9.78. The third-order valence-corrected chi connectivity index (χ3v) is 6.97. The van der Waals surface area contributed by atoms with Crippen LogP contribution in [-0.2, 0) is 4.79 Å². The Morgan fingerprint density at radius 1 is 1.14 bits per heavy atom. The van der Waals surface area contributed by atoms with Gasteiger partial charge in [0, 0.05) is 24.4 Å². The van der Waals surface area contributed by atoms with Gasteiger partial charge in [0.15, 0.2) is 17.3 Å². The van der Waals surface area contributed by atoms with Crippen molar-refractivity contribution in [3.05, 3.63) is 66.8 Å². The maximum Gasteiger partial charge on any atom is 0.286 e. The van der Waals surface area contributed by atoms with Crippen LogP contribution in [0.2, 0.25) is 0 Å². The fraction of sp³-hybridized carbons (Fsp3) is 0.250. The summed E-state index contributed by atoms with van der Waals surface area (Å²) in [6.45, 7) is 2.76. The van der Waals surface area contributed by atoms with E-state index < -0.39 is 11.7 Å². The number of pyridine rings is 1. The third kappa shape index (κ3) is 5.51. The minimum Gasteiger partial charge on any atom is -0.494 e. The van der Waals surface area contributed by atoms with E-state index in [9.17, 15) is 9.18 Å². The summed E-state index contributed by atoms with van der Waals surface area (Å²) >= 11 is 0. The molecule has 1 saturated heterocycles. The van der Waals surface area contributed by atoms with Gasteiger partial charge in [-0.1, -0.05) is 0 Å². The topological polar surface area (TPSA) is 145 Å². The average molecular weight is 571 g/mol. The largest absolute Gasteiger partial charge is 0.494 e. The number of methoxy groups -OCH3 is 1. The van der Waals surface area contributed by atoms with Crippen molar-refractivity contribution in [1.29, 1.82) is 0 Å². The number of halogens is 1. The van der Waals surface area contributed by atoms with Gasteiger partial charge in [-0.05, 0) is 57.1 Å². The van der Waals surface area contributed by atoms with Crippen molar-refractivity contribution < 1.29 is 18.7 Å². The Kier molecular flexibility index (Phi) is 7.27. The number of amides is 1. The Bertz CT molecular complexity index is 1830. The van der Waals surface area contributed by atoms with Gasteiger partial charge in [0.05, 0.1) is 19.0 Å². The molecule has 0 bridgehead atoms. The number of aryl methyl sites for hydroxylation is 1. The molecule has 1 aromatic carbocycles. The van der Waals surface area contributed by atoms with Crippen LogP contribution in [0.3, 0.4) is 0 Å². The first-order valence-electron chi connectivity index (χ1n) is 13.2. The van der Waals surface area contributed by atoms with Gasteiger partial charge < -0.3 is 14.8 Å². The predicted molar refractivity (Wildman–Crippen MR) is 153 cm³/mol. The highest BCUT2D eigenvalue weighted by atomic mass is 19.1. The van der Waals surface area contributed by atoms with Crippen LogP contribution in [0.1, 0.15) is 18.4 Å². The van der Waals surface area contributed by atoms with Crippen LogP contribution in [0, 0.1) is 6.92 Å². The molecule has 1 atom stereocenters. The Labute approximate surface area is 239 Å². The zero-order valence-corrected chi connectivity index (χ0v) is 23.1. The molecule has 1 amide bonds. The normalized spacial score (nSPS) is 15.7. The summed E-state index contributed by atoms with van der Waals surface area (Å²) in [7, 11) is 3.44. The maximum atomic E-state index is 14.6. The lowest BCUT2D eigenvalue weighted by Crippen LogP contribution is -2.24. The number of carbonyl (C=O) groups excluding carboxylic acids is 1. The van der Waals surface area contributed by atoms with Crippen LogP contribution < -0.4 is 20.1 Å². The van der Waals surface area contributed by atoms with Crippen LogP contribution in [-0.4, -0.2) is 72.1 Å². The quantitative estimate of drug-likeness (QED) is 0.259. The minimum absolute atomic E-state index is 0.0785. The number of nitrogens with one attached hydrogen (secondary N) is 2. The van der Waals surface area contributed by atoms with Gasteiger partial charge in [-0.3, -0.25) is 15.0 Å². The first kappa shape index (κ1) is 27.0. The molecule has 5 aromatic rings. The van der Waals surface area contributed by atoms with Gasteiger partial charge in [0.25, 0.3) is 5.91 Å². The molecule has 214 valence electrons. The fourth-order valence-electron chi connectivity index (χ4n) is 4.72. The van der Waals surface area contributed by atoms with Crippen molar-refractivity contribution in [3.8, 4) is 17.2 Å². The van der Waals surface area contributed by atoms with Crippen LogP contribution in [0.4, 0.5) is 21.8 Å². The highest BCUT2D eigenvalue weighted by Crippen LogP contribution is 2.37. The van der Waals surface area contributed by atoms with Crippen LogP contribution in [0.15, 0.2) is 61.2 Å². The molecule has 6 rings (SSSR count). The molecule has 4 aromatic heterocycles. The van der Waals surface area contributed by atoms with Crippen LogP contribution >= 0.6 is 0 Å². The van der Waals surface area contributed by atoms with Crippen molar-refractivity contribution in [2.75, 3.05) is 31.3 Å². The molecule has 1 aliphatic heterocycles. The number of likely N-dealkylation sites (N-methyl/N-ethyl adjacent to an activating group) is 1. The van der Waals surface area contributed by atoms with Gasteiger partial charge in [-0.15, -0.1) is 0 Å². The van der Waals surface area contributed by atoms with Crippen molar-refractivity contribution in [3.63, 3.8) is 0 Å². The van der Waals surface area contributed by atoms with E-state index in [4.69, 9.17) is 9.47 Å². The van der Waals surface area contributed by atoms with Crippen molar-refractivity contribution in [1.82, 2.24) is 39.4 Å². The molecule has 1 aliphatic rings. The first-order chi connectivity index (χ1) is 20.4. The van der Waals surface area contributed by atoms with Crippen LogP contribution in [0.5, 0.6) is 17.2 Å². The summed E-state index contributed by atoms with van der Waals surface area (Å²) in [5.41, 5.74) is 2.81. The first-order valence-corrected chi connectivity index (χ1v) is 13.2. The number of likely N-dealkylation sites (tertiary alicyclic amines) is 1. The minimum atomic E-state index is -0.919. The van der Waals surface area contributed by atoms with Gasteiger partial charge in [-0.2, -0.15) is 5.10 Å². The third-order valence-electron chi connectivity index (χ3n) is 6.97. The maximum absolute atomic E-state index is 14.6. The lowest BCUT2D eigenvalue weighted by atomic mass is 10.1. The Hall–Kier alpha value is -5.24. The molecule has 0 spiro atoms. The summed E-state index contributed by atoms with van der Waals surface area (Å²) < 4.78 is 28.0. The monoisotopic (exact) mass is 570 g/mol. The summed E-state index contributed by atoms with van der Waals surface area (Å²) in [6, 6.07) is 7.06. The molecular weight excluding hydrogens is 543 g/mol. The number of hydrogen-bond acceptors (Lipinski definition) is 11. The fourth-order valence-corrected chi connectivity index (χ4v) is 4.72. The average Bonchev–Trinajstić information content (AvgIpc) is 3.62.